The second-order valence-electron chi connectivity index (χ2n) is 4.25. The number of aromatic nitrogens is 2. The molecule has 2 aromatic rings. The van der Waals surface area contributed by atoms with Gasteiger partial charge in [-0.3, -0.25) is 14.8 Å². The molecule has 0 unspecified atom stereocenters. The summed E-state index contributed by atoms with van der Waals surface area (Å²) in [4.78, 5) is 24.9. The molecule has 0 bridgehead atoms. The van der Waals surface area contributed by atoms with E-state index < -0.39 is 0 Å². The van der Waals surface area contributed by atoms with Crippen LogP contribution < -0.4 is 11.1 Å². The van der Waals surface area contributed by atoms with Crippen LogP contribution in [0.2, 0.25) is 0 Å². The normalized spacial score (nSPS) is 13.3. The predicted octanol–water partition coefficient (Wildman–Crippen LogP) is 1.86. The van der Waals surface area contributed by atoms with Crippen LogP contribution in [0.25, 0.3) is 11.4 Å². The zero-order chi connectivity index (χ0) is 13.9. The first-order chi connectivity index (χ1) is 9.79. The molecular formula is C13H13N5OS. The molecule has 102 valence electrons. The molecule has 3 rings (SSSR count). The number of fused-ring (bicyclic) bond motifs is 1. The van der Waals surface area contributed by atoms with Gasteiger partial charge in [-0.2, -0.15) is 0 Å². The number of nitrogens with zero attached hydrogens (tertiary/aromatic N) is 3. The molecular weight excluding hydrogens is 274 g/mol. The molecule has 0 aliphatic carbocycles. The SMILES string of the molecule is NCCNc1nc(-c2nccc3c2N=CCC3=O)cs1. The molecule has 0 saturated carbocycles. The Morgan fingerprint density at radius 3 is 3.20 bits per heavy atom. The van der Waals surface area contributed by atoms with Gasteiger partial charge in [-0.15, -0.1) is 11.3 Å². The van der Waals surface area contributed by atoms with Crippen molar-refractivity contribution in [2.45, 2.75) is 6.42 Å². The third-order valence-corrected chi connectivity index (χ3v) is 3.69. The molecule has 1 aliphatic rings. The maximum absolute atomic E-state index is 11.9. The smallest absolute Gasteiger partial charge is 0.183 e. The van der Waals surface area contributed by atoms with Gasteiger partial charge in [0.15, 0.2) is 10.9 Å². The fraction of sp³-hybridized carbons (Fsp3) is 0.231. The molecule has 0 spiro atoms. The van der Waals surface area contributed by atoms with E-state index in [1.165, 1.54) is 11.3 Å². The zero-order valence-electron chi connectivity index (χ0n) is 10.7. The number of carbonyl (C=O) groups excluding carboxylic acids is 1. The van der Waals surface area contributed by atoms with Crippen molar-refractivity contribution in [1.29, 1.82) is 0 Å². The molecule has 0 aromatic carbocycles. The quantitative estimate of drug-likeness (QED) is 0.895. The van der Waals surface area contributed by atoms with Crippen LogP contribution >= 0.6 is 11.3 Å². The van der Waals surface area contributed by atoms with E-state index in [1.54, 1.807) is 18.5 Å². The average Bonchev–Trinajstić information content (AvgIpc) is 2.94. The Bertz CT molecular complexity index is 679. The number of carbonyl (C=O) groups is 1. The average molecular weight is 287 g/mol. The van der Waals surface area contributed by atoms with Gasteiger partial charge in [-0.05, 0) is 6.07 Å². The number of thiazole rings is 1. The molecule has 3 heterocycles. The van der Waals surface area contributed by atoms with Crippen molar-refractivity contribution in [1.82, 2.24) is 9.97 Å². The topological polar surface area (TPSA) is 93.3 Å². The van der Waals surface area contributed by atoms with Crippen molar-refractivity contribution in [2.75, 3.05) is 18.4 Å². The number of pyridine rings is 1. The maximum atomic E-state index is 11.9. The van der Waals surface area contributed by atoms with Gasteiger partial charge in [0.2, 0.25) is 0 Å². The molecule has 0 amide bonds. The molecule has 7 heteroatoms. The summed E-state index contributed by atoms with van der Waals surface area (Å²) in [5.74, 6) is 0.0651. The summed E-state index contributed by atoms with van der Waals surface area (Å²) >= 11 is 1.48. The lowest BCUT2D eigenvalue weighted by Crippen LogP contribution is -2.12. The van der Waals surface area contributed by atoms with Gasteiger partial charge in [0.25, 0.3) is 0 Å². The van der Waals surface area contributed by atoms with E-state index in [9.17, 15) is 4.79 Å². The highest BCUT2D eigenvalue weighted by Crippen LogP contribution is 2.35. The molecule has 6 nitrogen and oxygen atoms in total. The van der Waals surface area contributed by atoms with E-state index >= 15 is 0 Å². The van der Waals surface area contributed by atoms with Crippen molar-refractivity contribution >= 4 is 34.2 Å². The van der Waals surface area contributed by atoms with Crippen LogP contribution in [0, 0.1) is 0 Å². The van der Waals surface area contributed by atoms with Crippen LogP contribution in [-0.2, 0) is 0 Å². The van der Waals surface area contributed by atoms with Crippen LogP contribution in [0.5, 0.6) is 0 Å². The molecule has 1 aliphatic heterocycles. The molecule has 0 fully saturated rings. The van der Waals surface area contributed by atoms with Crippen molar-refractivity contribution in [3.05, 3.63) is 23.2 Å². The number of rotatable bonds is 4. The summed E-state index contributed by atoms with van der Waals surface area (Å²) < 4.78 is 0. The van der Waals surface area contributed by atoms with Crippen molar-refractivity contribution in [2.24, 2.45) is 10.7 Å². The Morgan fingerprint density at radius 2 is 2.35 bits per heavy atom. The zero-order valence-corrected chi connectivity index (χ0v) is 11.5. The second kappa shape index (κ2) is 5.48. The van der Waals surface area contributed by atoms with Crippen molar-refractivity contribution < 1.29 is 4.79 Å². The van der Waals surface area contributed by atoms with Crippen molar-refractivity contribution in [3.63, 3.8) is 0 Å². The largest absolute Gasteiger partial charge is 0.360 e. The van der Waals surface area contributed by atoms with Gasteiger partial charge in [0.1, 0.15) is 17.1 Å². The van der Waals surface area contributed by atoms with Gasteiger partial charge in [-0.25, -0.2) is 4.98 Å². The van der Waals surface area contributed by atoms with E-state index in [1.807, 2.05) is 5.38 Å². The number of aliphatic imine (C=N–C) groups is 1. The Hall–Kier alpha value is -2.12. The summed E-state index contributed by atoms with van der Waals surface area (Å²) in [6.45, 7) is 1.22. The maximum Gasteiger partial charge on any atom is 0.183 e. The summed E-state index contributed by atoms with van der Waals surface area (Å²) in [5.41, 5.74) is 8.03. The van der Waals surface area contributed by atoms with Crippen molar-refractivity contribution in [3.8, 4) is 11.4 Å². The van der Waals surface area contributed by atoms with E-state index in [0.717, 1.165) is 10.8 Å². The molecule has 20 heavy (non-hydrogen) atoms. The second-order valence-corrected chi connectivity index (χ2v) is 5.11. The first-order valence-corrected chi connectivity index (χ1v) is 7.12. The third-order valence-electron chi connectivity index (χ3n) is 2.89. The summed E-state index contributed by atoms with van der Waals surface area (Å²) in [7, 11) is 0. The van der Waals surface area contributed by atoms with E-state index in [2.05, 4.69) is 20.3 Å². The Morgan fingerprint density at radius 1 is 1.45 bits per heavy atom. The lowest BCUT2D eigenvalue weighted by Gasteiger charge is -2.10. The highest BCUT2D eigenvalue weighted by atomic mass is 32.1. The number of hydrogen-bond acceptors (Lipinski definition) is 7. The standard InChI is InChI=1S/C13H13N5OS/c14-3-6-17-13-18-9(7-20-13)12-11-8(1-4-16-12)10(19)2-5-15-11/h1,4-5,7H,2-3,6,14H2,(H,17,18). The summed E-state index contributed by atoms with van der Waals surface area (Å²) in [6, 6.07) is 1.71. The molecule has 0 saturated heterocycles. The van der Waals surface area contributed by atoms with Gasteiger partial charge in [0.05, 0.1) is 0 Å². The number of nitrogens with one attached hydrogen (secondary N) is 1. The van der Waals surface area contributed by atoms with Crippen LogP contribution in [-0.4, -0.2) is 35.1 Å². The van der Waals surface area contributed by atoms with Crippen LogP contribution in [0.15, 0.2) is 22.6 Å². The lowest BCUT2D eigenvalue weighted by molar-refractivity contribution is 0.100. The fourth-order valence-corrected chi connectivity index (χ4v) is 2.69. The minimum Gasteiger partial charge on any atom is -0.360 e. The summed E-state index contributed by atoms with van der Waals surface area (Å²) in [6.07, 6.45) is 3.59. The minimum absolute atomic E-state index is 0.0651. The lowest BCUT2D eigenvalue weighted by atomic mass is 10.0. The monoisotopic (exact) mass is 287 g/mol. The number of ketones is 1. The van der Waals surface area contributed by atoms with E-state index in [-0.39, 0.29) is 5.78 Å². The highest BCUT2D eigenvalue weighted by molar-refractivity contribution is 7.14. The molecule has 0 atom stereocenters. The highest BCUT2D eigenvalue weighted by Gasteiger charge is 2.20. The van der Waals surface area contributed by atoms with Gasteiger partial charge in [0, 0.05) is 42.9 Å². The molecule has 2 aromatic heterocycles. The fourth-order valence-electron chi connectivity index (χ4n) is 1.97. The third kappa shape index (κ3) is 2.33. The van der Waals surface area contributed by atoms with Crippen LogP contribution in [0.4, 0.5) is 10.8 Å². The summed E-state index contributed by atoms with van der Waals surface area (Å²) in [5, 5.41) is 5.81. The van der Waals surface area contributed by atoms with Crippen LogP contribution in [0.1, 0.15) is 16.8 Å². The van der Waals surface area contributed by atoms with E-state index in [4.69, 9.17) is 5.73 Å². The molecule has 3 N–H and O–H groups in total. The number of hydrogen-bond donors (Lipinski definition) is 2. The van der Waals surface area contributed by atoms with Gasteiger partial charge >= 0.3 is 0 Å². The van der Waals surface area contributed by atoms with Gasteiger partial charge < -0.3 is 11.1 Å². The van der Waals surface area contributed by atoms with Gasteiger partial charge in [-0.1, -0.05) is 0 Å². The number of nitrogens with two attached hydrogens (primary N) is 1. The Labute approximate surface area is 119 Å². The Balaban J connectivity index is 1.99. The molecule has 0 radical (unpaired) electrons. The minimum atomic E-state index is 0.0651. The number of Topliss-reactive ketones (excluding diaryl/α,β-unsaturated/α-hetero) is 1. The first kappa shape index (κ1) is 12.9. The van der Waals surface area contributed by atoms with E-state index in [0.29, 0.717) is 36.5 Å². The van der Waals surface area contributed by atoms with Crippen LogP contribution in [0.3, 0.4) is 0 Å². The first-order valence-electron chi connectivity index (χ1n) is 6.24. The predicted molar refractivity (Wildman–Crippen MR) is 80.0 cm³/mol. The number of anilines is 1. The Kier molecular flexibility index (Phi) is 3.53.